The van der Waals surface area contributed by atoms with Gasteiger partial charge in [0.05, 0.1) is 0 Å². The van der Waals surface area contributed by atoms with Gasteiger partial charge in [-0.2, -0.15) is 0 Å². The number of hydrogen-bond donors (Lipinski definition) is 1. The van der Waals surface area contributed by atoms with Crippen LogP contribution in [0, 0.1) is 5.92 Å². The number of nitrogens with one attached hydrogen (secondary N) is 1. The first-order chi connectivity index (χ1) is 14.3. The van der Waals surface area contributed by atoms with Crippen LogP contribution in [0.1, 0.15) is 18.4 Å². The average Bonchev–Trinajstić information content (AvgIpc) is 2.78. The number of rotatable bonds is 7. The third-order valence-corrected chi connectivity index (χ3v) is 5.51. The second-order valence-electron chi connectivity index (χ2n) is 7.68. The molecule has 0 unspecified atom stereocenters. The van der Waals surface area contributed by atoms with Crippen LogP contribution < -0.4 is 10.1 Å². The van der Waals surface area contributed by atoms with Crippen LogP contribution in [0.5, 0.6) is 5.75 Å². The van der Waals surface area contributed by atoms with Crippen molar-refractivity contribution in [2.45, 2.75) is 19.4 Å². The van der Waals surface area contributed by atoms with Crippen molar-refractivity contribution >= 4 is 16.7 Å². The molecule has 1 amide bonds. The lowest BCUT2D eigenvalue weighted by Crippen LogP contribution is -2.39. The van der Waals surface area contributed by atoms with Gasteiger partial charge in [-0.05, 0) is 66.4 Å². The molecule has 1 aliphatic rings. The van der Waals surface area contributed by atoms with Crippen LogP contribution in [0.15, 0.2) is 67.0 Å². The summed E-state index contributed by atoms with van der Waals surface area (Å²) in [4.78, 5) is 18.8. The largest absolute Gasteiger partial charge is 0.484 e. The van der Waals surface area contributed by atoms with Gasteiger partial charge in [0.1, 0.15) is 5.75 Å². The van der Waals surface area contributed by atoms with E-state index in [1.165, 1.54) is 10.9 Å². The lowest BCUT2D eigenvalue weighted by atomic mass is 9.96. The van der Waals surface area contributed by atoms with Crippen molar-refractivity contribution in [2.24, 2.45) is 5.92 Å². The minimum absolute atomic E-state index is 0.0538. The number of carbonyl (C=O) groups is 1. The second kappa shape index (κ2) is 9.52. The zero-order valence-corrected chi connectivity index (χ0v) is 16.6. The van der Waals surface area contributed by atoms with Crippen molar-refractivity contribution in [3.05, 3.63) is 72.6 Å². The Labute approximate surface area is 171 Å². The molecule has 5 nitrogen and oxygen atoms in total. The Balaban J connectivity index is 1.16. The fraction of sp³-hybridized carbons (Fsp3) is 0.333. The third kappa shape index (κ3) is 5.55. The summed E-state index contributed by atoms with van der Waals surface area (Å²) in [5.41, 5.74) is 1.25. The Bertz CT molecular complexity index is 937. The van der Waals surface area contributed by atoms with E-state index in [1.807, 2.05) is 54.9 Å². The SMILES string of the molecule is O=C(COc1ccc2ccccc2c1)NCC1CCN(Cc2cccnc2)CC1. The van der Waals surface area contributed by atoms with Crippen molar-refractivity contribution in [3.63, 3.8) is 0 Å². The lowest BCUT2D eigenvalue weighted by Gasteiger charge is -2.32. The molecule has 29 heavy (non-hydrogen) atoms. The zero-order valence-electron chi connectivity index (χ0n) is 16.6. The maximum atomic E-state index is 12.2. The van der Waals surface area contributed by atoms with Gasteiger partial charge >= 0.3 is 0 Å². The molecule has 0 radical (unpaired) electrons. The van der Waals surface area contributed by atoms with Crippen molar-refractivity contribution in [1.82, 2.24) is 15.2 Å². The maximum absolute atomic E-state index is 12.2. The molecule has 3 aromatic rings. The van der Waals surface area contributed by atoms with Crippen LogP contribution in [-0.4, -0.2) is 42.0 Å². The molecule has 2 heterocycles. The van der Waals surface area contributed by atoms with Gasteiger partial charge in [-0.3, -0.25) is 14.7 Å². The fourth-order valence-corrected chi connectivity index (χ4v) is 3.81. The number of benzene rings is 2. The number of ether oxygens (including phenoxy) is 1. The normalized spacial score (nSPS) is 15.3. The molecule has 1 N–H and O–H groups in total. The summed E-state index contributed by atoms with van der Waals surface area (Å²) >= 11 is 0. The Morgan fingerprint density at radius 3 is 2.69 bits per heavy atom. The van der Waals surface area contributed by atoms with Gasteiger partial charge in [0.2, 0.25) is 0 Å². The van der Waals surface area contributed by atoms with Crippen LogP contribution in [0.3, 0.4) is 0 Å². The Morgan fingerprint density at radius 2 is 1.90 bits per heavy atom. The lowest BCUT2D eigenvalue weighted by molar-refractivity contribution is -0.123. The molecule has 150 valence electrons. The number of aromatic nitrogens is 1. The summed E-state index contributed by atoms with van der Waals surface area (Å²) in [6, 6.07) is 18.1. The summed E-state index contributed by atoms with van der Waals surface area (Å²) in [7, 11) is 0. The minimum Gasteiger partial charge on any atom is -0.484 e. The van der Waals surface area contributed by atoms with E-state index in [0.29, 0.717) is 5.92 Å². The maximum Gasteiger partial charge on any atom is 0.257 e. The molecule has 4 rings (SSSR count). The number of likely N-dealkylation sites (tertiary alicyclic amines) is 1. The number of piperidine rings is 1. The highest BCUT2D eigenvalue weighted by Crippen LogP contribution is 2.21. The van der Waals surface area contributed by atoms with E-state index in [9.17, 15) is 4.79 Å². The number of hydrogen-bond acceptors (Lipinski definition) is 4. The molecule has 1 saturated heterocycles. The second-order valence-corrected chi connectivity index (χ2v) is 7.68. The Kier molecular flexibility index (Phi) is 6.37. The standard InChI is InChI=1S/C24H27N3O2/c28-24(18-29-23-8-7-21-5-1-2-6-22(21)14-23)26-16-19-9-12-27(13-10-19)17-20-4-3-11-25-15-20/h1-8,11,14-15,19H,9-10,12-13,16-18H2,(H,26,28). The van der Waals surface area contributed by atoms with Gasteiger partial charge < -0.3 is 10.1 Å². The number of fused-ring (bicyclic) bond motifs is 1. The summed E-state index contributed by atoms with van der Waals surface area (Å²) < 4.78 is 5.67. The van der Waals surface area contributed by atoms with Gasteiger partial charge in [0.15, 0.2) is 6.61 Å². The molecule has 2 aromatic carbocycles. The highest BCUT2D eigenvalue weighted by Gasteiger charge is 2.19. The van der Waals surface area contributed by atoms with E-state index in [4.69, 9.17) is 4.74 Å². The average molecular weight is 389 g/mol. The van der Waals surface area contributed by atoms with Crippen LogP contribution in [0.25, 0.3) is 10.8 Å². The predicted octanol–water partition coefficient (Wildman–Crippen LogP) is 3.64. The number of nitrogens with zero attached hydrogens (tertiary/aromatic N) is 2. The first-order valence-electron chi connectivity index (χ1n) is 10.3. The highest BCUT2D eigenvalue weighted by molar-refractivity contribution is 5.84. The first kappa shape index (κ1) is 19.4. The molecule has 0 saturated carbocycles. The molecule has 0 bridgehead atoms. The van der Waals surface area contributed by atoms with Gasteiger partial charge in [0.25, 0.3) is 5.91 Å². The molecule has 0 aliphatic carbocycles. The van der Waals surface area contributed by atoms with Crippen LogP contribution in [0.4, 0.5) is 0 Å². The summed E-state index contributed by atoms with van der Waals surface area (Å²) in [6.07, 6.45) is 5.95. The molecule has 0 spiro atoms. The van der Waals surface area contributed by atoms with Crippen molar-refractivity contribution in [3.8, 4) is 5.75 Å². The smallest absolute Gasteiger partial charge is 0.257 e. The minimum atomic E-state index is -0.0593. The Hall–Kier alpha value is -2.92. The van der Waals surface area contributed by atoms with E-state index in [2.05, 4.69) is 27.3 Å². The van der Waals surface area contributed by atoms with E-state index in [0.717, 1.165) is 50.2 Å². The molecule has 1 fully saturated rings. The fourth-order valence-electron chi connectivity index (χ4n) is 3.81. The topological polar surface area (TPSA) is 54.5 Å². The van der Waals surface area contributed by atoms with Crippen LogP contribution in [-0.2, 0) is 11.3 Å². The van der Waals surface area contributed by atoms with Crippen LogP contribution in [0.2, 0.25) is 0 Å². The summed E-state index contributed by atoms with van der Waals surface area (Å²) in [5.74, 6) is 1.20. The molecule has 1 aliphatic heterocycles. The number of amides is 1. The third-order valence-electron chi connectivity index (χ3n) is 5.51. The van der Waals surface area contributed by atoms with Gasteiger partial charge in [-0.25, -0.2) is 0 Å². The van der Waals surface area contributed by atoms with Crippen molar-refractivity contribution < 1.29 is 9.53 Å². The van der Waals surface area contributed by atoms with Crippen LogP contribution >= 0.6 is 0 Å². The summed E-state index contributed by atoms with van der Waals surface area (Å²) in [5, 5.41) is 5.31. The van der Waals surface area contributed by atoms with Gasteiger partial charge in [-0.1, -0.05) is 36.4 Å². The van der Waals surface area contributed by atoms with E-state index in [1.54, 1.807) is 0 Å². The monoisotopic (exact) mass is 389 g/mol. The summed E-state index contributed by atoms with van der Waals surface area (Å²) in [6.45, 7) is 3.84. The number of pyridine rings is 1. The van der Waals surface area contributed by atoms with Crippen molar-refractivity contribution in [2.75, 3.05) is 26.2 Å². The zero-order chi connectivity index (χ0) is 19.9. The predicted molar refractivity (Wildman–Crippen MR) is 115 cm³/mol. The van der Waals surface area contributed by atoms with E-state index in [-0.39, 0.29) is 12.5 Å². The molecule has 5 heteroatoms. The van der Waals surface area contributed by atoms with Gasteiger partial charge in [0, 0.05) is 25.5 Å². The van der Waals surface area contributed by atoms with E-state index < -0.39 is 0 Å². The molecule has 0 atom stereocenters. The molecular weight excluding hydrogens is 362 g/mol. The Morgan fingerprint density at radius 1 is 1.07 bits per heavy atom. The molecular formula is C24H27N3O2. The first-order valence-corrected chi connectivity index (χ1v) is 10.3. The molecule has 1 aromatic heterocycles. The quantitative estimate of drug-likeness (QED) is 0.670. The highest BCUT2D eigenvalue weighted by atomic mass is 16.5. The van der Waals surface area contributed by atoms with Gasteiger partial charge in [-0.15, -0.1) is 0 Å². The van der Waals surface area contributed by atoms with Crippen molar-refractivity contribution in [1.29, 1.82) is 0 Å². The van der Waals surface area contributed by atoms with E-state index >= 15 is 0 Å². The number of carbonyl (C=O) groups excluding carboxylic acids is 1.